The van der Waals surface area contributed by atoms with Crippen molar-refractivity contribution in [2.45, 2.75) is 182 Å². The van der Waals surface area contributed by atoms with Crippen molar-refractivity contribution < 1.29 is 29.0 Å². The molecule has 16 heterocycles. The fraction of sp³-hybridized carbons (Fsp3) is 0.584. The minimum absolute atomic E-state index is 0. The molecule has 0 bridgehead atoms. The number of ether oxygens (including phenoxy) is 4. The van der Waals surface area contributed by atoms with Crippen LogP contribution in [0.2, 0.25) is 25.2 Å². The van der Waals surface area contributed by atoms with Gasteiger partial charge in [-0.05, 0) is 167 Å². The Bertz CT molecular complexity index is 4860. The van der Waals surface area contributed by atoms with Crippen LogP contribution in [0.25, 0.3) is 55.3 Å². The van der Waals surface area contributed by atoms with E-state index in [-0.39, 0.29) is 82.7 Å². The first kappa shape index (κ1) is 95.7. The number of fused-ring (bicyclic) bond motifs is 4. The van der Waals surface area contributed by atoms with Gasteiger partial charge in [-0.25, -0.2) is 19.9 Å². The zero-order chi connectivity index (χ0) is 84.1. The molecule has 4 spiro atoms. The molecule has 18 rings (SSSR count). The molecule has 639 valence electrons. The van der Waals surface area contributed by atoms with E-state index in [1.807, 2.05) is 36.8 Å². The third kappa shape index (κ3) is 21.8. The van der Waals surface area contributed by atoms with Gasteiger partial charge in [0.15, 0.2) is 22.6 Å². The van der Waals surface area contributed by atoms with E-state index in [9.17, 15) is 0 Å². The molecular weight excluding hydrogens is 1770 g/mol. The van der Waals surface area contributed by atoms with Gasteiger partial charge in [0.1, 0.15) is 44.1 Å². The number of aromatic nitrogens is 12. The molecule has 8 atom stereocenters. The van der Waals surface area contributed by atoms with Crippen molar-refractivity contribution in [3.05, 3.63) is 103 Å². The van der Waals surface area contributed by atoms with Crippen LogP contribution in [0.4, 0.5) is 17.5 Å². The first-order valence-corrected chi connectivity index (χ1v) is 45.2. The number of piperidine rings is 4. The molecule has 8 aromatic heterocycles. The Hall–Kier alpha value is -4.55. The fourth-order valence-corrected chi connectivity index (χ4v) is 20.6. The second kappa shape index (κ2) is 43.4. The van der Waals surface area contributed by atoms with Crippen molar-refractivity contribution in [2.75, 3.05) is 100 Å². The Labute approximate surface area is 748 Å². The summed E-state index contributed by atoms with van der Waals surface area (Å²) in [6.45, 7) is 31.6. The van der Waals surface area contributed by atoms with Crippen LogP contribution in [0.1, 0.15) is 121 Å². The number of hydrogen-bond donors (Lipinski definition) is 8. The molecule has 8 aliphatic rings. The van der Waals surface area contributed by atoms with Crippen molar-refractivity contribution in [3.63, 3.8) is 0 Å². The van der Waals surface area contributed by atoms with Crippen LogP contribution >= 0.6 is 134 Å². The zero-order valence-corrected chi connectivity index (χ0v) is 76.5. The summed E-state index contributed by atoms with van der Waals surface area (Å²) < 4.78 is 61.1. The molecule has 8 saturated heterocycles. The first-order chi connectivity index (χ1) is 56.1. The number of hydrogen-bond acceptors (Lipinski definition) is 33. The predicted octanol–water partition coefficient (Wildman–Crippen LogP) is 13.5. The average Bonchev–Trinajstić information content (AvgIpc) is 1.59. The molecule has 0 amide bonds. The number of thiol groups is 1. The normalized spacial score (nSPS) is 23.1. The van der Waals surface area contributed by atoms with Gasteiger partial charge in [-0.1, -0.05) is 96.6 Å². The molecule has 41 heteroatoms. The van der Waals surface area contributed by atoms with Gasteiger partial charge in [0.05, 0.1) is 122 Å². The fourth-order valence-electron chi connectivity index (χ4n) is 16.8. The minimum atomic E-state index is -1.57. The number of anilines is 3. The summed E-state index contributed by atoms with van der Waals surface area (Å²) in [7, 11) is 2.77. The van der Waals surface area contributed by atoms with E-state index in [1.165, 1.54) is 54.1 Å². The van der Waals surface area contributed by atoms with Crippen molar-refractivity contribution in [3.8, 4) is 11.1 Å². The molecule has 10 aromatic rings. The number of rotatable bonds is 8. The molecule has 8 aliphatic heterocycles. The second-order valence-corrected chi connectivity index (χ2v) is 36.6. The van der Waals surface area contributed by atoms with E-state index in [2.05, 4.69) is 178 Å². The van der Waals surface area contributed by atoms with Crippen molar-refractivity contribution in [1.82, 2.24) is 65.1 Å². The Kier molecular flexibility index (Phi) is 35.2. The molecule has 1 radical (unpaired) electrons. The molecule has 0 aliphatic carbocycles. The maximum atomic E-state index is 8.74. The van der Waals surface area contributed by atoms with Gasteiger partial charge in [0, 0.05) is 139 Å². The third-order valence-corrected chi connectivity index (χ3v) is 28.8. The van der Waals surface area contributed by atoms with Gasteiger partial charge < -0.3 is 71.9 Å². The second-order valence-electron chi connectivity index (χ2n) is 31.4. The Morgan fingerprint density at radius 1 is 0.534 bits per heavy atom. The standard InChI is InChI=1S/C20H21Cl2N5OS.C14H18BrN5OS.C14H19N5OS.C9H18N2O.C8H19N.C6H5BCl2O2.C5H2ClN3S.CH4.BHNS/c1-11-18(23)20(10-28-11)5-7-27(8-6-20)19-17-16(25-29-26-17)13(9-24-19)12-3-2-4-14(21)15(12)22;1-8-12(16)14(7-21-8)2-4-20(5-3-14)13-11-10(18-22-19-11)9(15)6-17-13;1-9-12(15)14(8-20-9)3-6-19(7-4-14)13-11-10(2-5-16-13)17-21-18-11;1-7-8(10)9(6-12-7)2-4-11-5-3-9;1-6-9(7(2)3)8(4)5;8-5-3-1-2-4(6(5)9)7(10)11;6-5-4-3(1-2-7-5)8-10-9-4;;1-2-3/h2-4,9,11,18H,5-8,10,23H2,1H3;6,8,12H,2-5,7,16H2,1H3;2,5,9,12H,3-4,6-8,15H2,1H3;7-8,11H,2-6,10H2,1H3;7-8H,6H2,1-5H3;1-3,10-11H;1-2H;1H4;3H/t11-,18+;8-,12+;9-,12+;7-,8+;;;;;/m0000...../s1. The van der Waals surface area contributed by atoms with Gasteiger partial charge in [0.25, 0.3) is 0 Å². The van der Waals surface area contributed by atoms with E-state index in [4.69, 9.17) is 115 Å². The van der Waals surface area contributed by atoms with Gasteiger partial charge in [0.2, 0.25) is 0 Å². The number of halogens is 6. The van der Waals surface area contributed by atoms with Crippen molar-refractivity contribution in [2.24, 2.45) is 48.9 Å². The SMILES string of the molecule is C.CCN(C(C)C)C(C)C.C[C@@H]1OCC2(CCN(c3ncc(-c4cccc(Cl)c4Cl)c4nsnc34)CC2)[C@@H]1N.C[C@@H]1OCC2(CCN(c3ncc(Br)c4nsnc34)CC2)[C@@H]1N.C[C@@H]1OCC2(CCN(c3nccc4nsnc34)CC2)[C@@H]1N.C[C@@H]1OCC2(CCNCC2)[C@@H]1N.Clc1nccc2nsnc12.OB(O)c1cccc(Cl)c1Cl.[B]=NS. The summed E-state index contributed by atoms with van der Waals surface area (Å²) in [5.41, 5.74) is 34.6. The zero-order valence-electron chi connectivity index (χ0n) is 67.0. The quantitative estimate of drug-likeness (QED) is 0.0398. The monoisotopic (exact) mass is 1870 g/mol. The van der Waals surface area contributed by atoms with E-state index < -0.39 is 7.12 Å². The molecule has 11 N–H and O–H groups in total. The summed E-state index contributed by atoms with van der Waals surface area (Å²) in [6, 6.07) is 15.9. The summed E-state index contributed by atoms with van der Waals surface area (Å²) in [5, 5.41) is 22.8. The first-order valence-electron chi connectivity index (χ1n) is 39.2. The van der Waals surface area contributed by atoms with Crippen LogP contribution in [0.15, 0.2) is 82.1 Å². The predicted molar refractivity (Wildman–Crippen MR) is 492 cm³/mol. The van der Waals surface area contributed by atoms with E-state index in [0.29, 0.717) is 43.2 Å². The van der Waals surface area contributed by atoms with Crippen LogP contribution < -0.4 is 48.4 Å². The van der Waals surface area contributed by atoms with Gasteiger partial charge in [-0.15, -0.1) is 0 Å². The summed E-state index contributed by atoms with van der Waals surface area (Å²) >= 11 is 41.1. The van der Waals surface area contributed by atoms with Gasteiger partial charge in [-0.2, -0.15) is 35.0 Å². The topological polar surface area (TPSA) is 373 Å². The number of benzene rings is 2. The molecular formula is C77H107B2BrCl5N22O6S5. The summed E-state index contributed by atoms with van der Waals surface area (Å²) in [4.78, 5) is 27.1. The van der Waals surface area contributed by atoms with Crippen molar-refractivity contribution >= 4 is 215 Å². The Morgan fingerprint density at radius 3 is 1.32 bits per heavy atom. The van der Waals surface area contributed by atoms with Crippen LogP contribution in [0.3, 0.4) is 0 Å². The van der Waals surface area contributed by atoms with Gasteiger partial charge in [-0.3, -0.25) is 4.90 Å². The van der Waals surface area contributed by atoms with E-state index in [1.54, 1.807) is 30.5 Å². The maximum absolute atomic E-state index is 8.74. The Balaban J connectivity index is 0.000000150. The average molecular weight is 1880 g/mol. The van der Waals surface area contributed by atoms with E-state index in [0.717, 1.165) is 207 Å². The molecule has 0 saturated carbocycles. The number of nitrogens with two attached hydrogens (primary N) is 4. The van der Waals surface area contributed by atoms with Gasteiger partial charge >= 0.3 is 31.9 Å². The van der Waals surface area contributed by atoms with Crippen LogP contribution in [-0.2, 0) is 18.9 Å². The molecule has 8 fully saturated rings. The third-order valence-electron chi connectivity index (χ3n) is 24.1. The van der Waals surface area contributed by atoms with Crippen LogP contribution in [0, 0.1) is 21.7 Å². The number of pyridine rings is 4. The molecule has 0 unspecified atom stereocenters. The number of nitrogens with one attached hydrogen (secondary N) is 1. The van der Waals surface area contributed by atoms with Crippen molar-refractivity contribution in [1.29, 1.82) is 0 Å². The number of nitrogens with zero attached hydrogens (tertiary/aromatic N) is 17. The summed E-state index contributed by atoms with van der Waals surface area (Å²) in [5.74, 6) is 2.75. The van der Waals surface area contributed by atoms with Crippen LogP contribution in [-0.4, -0.2) is 231 Å². The Morgan fingerprint density at radius 2 is 0.907 bits per heavy atom. The molecule has 28 nitrogen and oxygen atoms in total. The molecule has 118 heavy (non-hydrogen) atoms. The van der Waals surface area contributed by atoms with Crippen LogP contribution in [0.5, 0.6) is 0 Å². The van der Waals surface area contributed by atoms with E-state index >= 15 is 0 Å². The summed E-state index contributed by atoms with van der Waals surface area (Å²) in [6.07, 6.45) is 16.3. The molecule has 2 aromatic carbocycles.